The number of aryl methyl sites for hydroxylation is 1. The molecule has 18 heavy (non-hydrogen) atoms. The molecule has 6 nitrogen and oxygen atoms in total. The third-order valence-electron chi connectivity index (χ3n) is 2.66. The van der Waals surface area contributed by atoms with E-state index >= 15 is 0 Å². The van der Waals surface area contributed by atoms with Crippen LogP contribution in [0.3, 0.4) is 0 Å². The molecule has 0 aliphatic carbocycles. The molecule has 1 N–H and O–H groups in total. The van der Waals surface area contributed by atoms with Gasteiger partial charge in [-0.2, -0.15) is 15.4 Å². The molecular formula is C12H15N3O3. The molecule has 0 aliphatic heterocycles. The molecule has 0 saturated carbocycles. The van der Waals surface area contributed by atoms with E-state index in [-0.39, 0.29) is 0 Å². The Bertz CT molecular complexity index is 526. The van der Waals surface area contributed by atoms with E-state index in [1.807, 2.05) is 19.1 Å². The van der Waals surface area contributed by atoms with Crippen LogP contribution in [0.5, 0.6) is 17.2 Å². The van der Waals surface area contributed by atoms with Crippen LogP contribution in [-0.4, -0.2) is 36.7 Å². The Morgan fingerprint density at radius 2 is 1.56 bits per heavy atom. The van der Waals surface area contributed by atoms with Crippen LogP contribution in [-0.2, 0) is 0 Å². The number of nitrogens with zero attached hydrogens (tertiary/aromatic N) is 2. The van der Waals surface area contributed by atoms with Crippen LogP contribution in [0.4, 0.5) is 0 Å². The van der Waals surface area contributed by atoms with Gasteiger partial charge in [0.05, 0.1) is 27.0 Å². The monoisotopic (exact) mass is 249 g/mol. The topological polar surface area (TPSA) is 69.3 Å². The smallest absolute Gasteiger partial charge is 0.203 e. The average molecular weight is 249 g/mol. The lowest BCUT2D eigenvalue weighted by Crippen LogP contribution is -1.96. The van der Waals surface area contributed by atoms with Crippen molar-refractivity contribution in [3.63, 3.8) is 0 Å². The molecule has 0 atom stereocenters. The second-order valence-electron chi connectivity index (χ2n) is 3.67. The molecule has 0 saturated heterocycles. The van der Waals surface area contributed by atoms with Crippen molar-refractivity contribution in [2.24, 2.45) is 0 Å². The van der Waals surface area contributed by atoms with Gasteiger partial charge in [0, 0.05) is 5.56 Å². The molecule has 0 bridgehead atoms. The number of H-pyrrole nitrogens is 1. The molecule has 1 aromatic heterocycles. The van der Waals surface area contributed by atoms with Crippen LogP contribution in [0.2, 0.25) is 0 Å². The second kappa shape index (κ2) is 4.95. The third-order valence-corrected chi connectivity index (χ3v) is 2.66. The highest BCUT2D eigenvalue weighted by molar-refractivity contribution is 5.69. The van der Waals surface area contributed by atoms with Gasteiger partial charge in [0.1, 0.15) is 5.69 Å². The van der Waals surface area contributed by atoms with Crippen molar-refractivity contribution in [3.05, 3.63) is 17.8 Å². The van der Waals surface area contributed by atoms with Crippen LogP contribution in [0, 0.1) is 6.92 Å². The maximum Gasteiger partial charge on any atom is 0.203 e. The van der Waals surface area contributed by atoms with Crippen LogP contribution < -0.4 is 14.2 Å². The van der Waals surface area contributed by atoms with Crippen molar-refractivity contribution in [1.82, 2.24) is 15.4 Å². The minimum Gasteiger partial charge on any atom is -0.493 e. The van der Waals surface area contributed by atoms with Crippen LogP contribution in [0.1, 0.15) is 5.69 Å². The molecule has 96 valence electrons. The molecule has 2 aromatic rings. The zero-order chi connectivity index (χ0) is 13.1. The summed E-state index contributed by atoms with van der Waals surface area (Å²) in [7, 11) is 4.73. The van der Waals surface area contributed by atoms with E-state index in [4.69, 9.17) is 14.2 Å². The molecule has 2 rings (SSSR count). The number of aromatic amines is 1. The largest absolute Gasteiger partial charge is 0.493 e. The molecule has 0 unspecified atom stereocenters. The predicted octanol–water partition coefficient (Wildman–Crippen LogP) is 1.81. The van der Waals surface area contributed by atoms with E-state index < -0.39 is 0 Å². The van der Waals surface area contributed by atoms with Crippen molar-refractivity contribution < 1.29 is 14.2 Å². The van der Waals surface area contributed by atoms with Gasteiger partial charge >= 0.3 is 0 Å². The first kappa shape index (κ1) is 12.2. The Morgan fingerprint density at radius 1 is 0.944 bits per heavy atom. The molecule has 0 spiro atoms. The van der Waals surface area contributed by atoms with Gasteiger partial charge in [-0.3, -0.25) is 0 Å². The summed E-state index contributed by atoms with van der Waals surface area (Å²) in [5.74, 6) is 1.74. The summed E-state index contributed by atoms with van der Waals surface area (Å²) in [6.07, 6.45) is 0. The maximum atomic E-state index is 5.29. The van der Waals surface area contributed by atoms with Gasteiger partial charge < -0.3 is 14.2 Å². The van der Waals surface area contributed by atoms with Crippen molar-refractivity contribution >= 4 is 0 Å². The van der Waals surface area contributed by atoms with Crippen molar-refractivity contribution in [3.8, 4) is 28.5 Å². The predicted molar refractivity (Wildman–Crippen MR) is 66.2 cm³/mol. The van der Waals surface area contributed by atoms with Gasteiger partial charge in [-0.15, -0.1) is 0 Å². The molecule has 0 radical (unpaired) electrons. The lowest BCUT2D eigenvalue weighted by molar-refractivity contribution is 0.324. The molecule has 0 fully saturated rings. The van der Waals surface area contributed by atoms with Crippen LogP contribution >= 0.6 is 0 Å². The highest BCUT2D eigenvalue weighted by Crippen LogP contribution is 2.40. The Kier molecular flexibility index (Phi) is 3.36. The zero-order valence-electron chi connectivity index (χ0n) is 10.8. The fourth-order valence-electron chi connectivity index (χ4n) is 1.78. The number of ether oxygens (including phenoxy) is 3. The summed E-state index contributed by atoms with van der Waals surface area (Å²) >= 11 is 0. The summed E-state index contributed by atoms with van der Waals surface area (Å²) in [5, 5.41) is 10.7. The van der Waals surface area contributed by atoms with Gasteiger partial charge in [-0.05, 0) is 19.1 Å². The van der Waals surface area contributed by atoms with Crippen LogP contribution in [0.25, 0.3) is 11.3 Å². The molecule has 6 heteroatoms. The van der Waals surface area contributed by atoms with Gasteiger partial charge in [0.2, 0.25) is 5.75 Å². The Morgan fingerprint density at radius 3 is 1.94 bits per heavy atom. The van der Waals surface area contributed by atoms with Gasteiger partial charge in [0.15, 0.2) is 11.5 Å². The minimum absolute atomic E-state index is 0.560. The minimum atomic E-state index is 0.560. The van der Waals surface area contributed by atoms with E-state index in [1.54, 1.807) is 21.3 Å². The van der Waals surface area contributed by atoms with E-state index in [1.165, 1.54) is 0 Å². The van der Waals surface area contributed by atoms with Gasteiger partial charge in [-0.1, -0.05) is 0 Å². The summed E-state index contributed by atoms with van der Waals surface area (Å²) in [6, 6.07) is 3.68. The fourth-order valence-corrected chi connectivity index (χ4v) is 1.78. The first-order valence-electron chi connectivity index (χ1n) is 5.39. The maximum absolute atomic E-state index is 5.29. The molecule has 0 amide bonds. The number of hydrogen-bond donors (Lipinski definition) is 1. The third kappa shape index (κ3) is 1.97. The summed E-state index contributed by atoms with van der Waals surface area (Å²) in [4.78, 5) is 0. The second-order valence-corrected chi connectivity index (χ2v) is 3.67. The van der Waals surface area contributed by atoms with Crippen molar-refractivity contribution in [2.75, 3.05) is 21.3 Å². The highest BCUT2D eigenvalue weighted by atomic mass is 16.5. The fraction of sp³-hybridized carbons (Fsp3) is 0.333. The first-order chi connectivity index (χ1) is 8.71. The number of hydrogen-bond acceptors (Lipinski definition) is 5. The Balaban J connectivity index is 2.60. The lowest BCUT2D eigenvalue weighted by atomic mass is 10.1. The molecule has 1 aromatic carbocycles. The van der Waals surface area contributed by atoms with E-state index in [9.17, 15) is 0 Å². The SMILES string of the molecule is COc1cc(-c2n[nH]nc2C)cc(OC)c1OC. The first-order valence-corrected chi connectivity index (χ1v) is 5.39. The van der Waals surface area contributed by atoms with Crippen molar-refractivity contribution in [2.45, 2.75) is 6.92 Å². The quantitative estimate of drug-likeness (QED) is 0.894. The summed E-state index contributed by atoms with van der Waals surface area (Å²) < 4.78 is 15.9. The number of benzene rings is 1. The summed E-state index contributed by atoms with van der Waals surface area (Å²) in [6.45, 7) is 1.88. The van der Waals surface area contributed by atoms with E-state index in [0.717, 1.165) is 17.0 Å². The van der Waals surface area contributed by atoms with Crippen molar-refractivity contribution in [1.29, 1.82) is 0 Å². The number of methoxy groups -OCH3 is 3. The zero-order valence-corrected chi connectivity index (χ0v) is 10.8. The Hall–Kier alpha value is -2.24. The van der Waals surface area contributed by atoms with E-state index in [0.29, 0.717) is 17.2 Å². The van der Waals surface area contributed by atoms with E-state index in [2.05, 4.69) is 15.4 Å². The number of rotatable bonds is 4. The normalized spacial score (nSPS) is 10.2. The molecule has 0 aliphatic rings. The number of aromatic nitrogens is 3. The molecule has 1 heterocycles. The average Bonchev–Trinajstić information content (AvgIpc) is 2.83. The van der Waals surface area contributed by atoms with Crippen LogP contribution in [0.15, 0.2) is 12.1 Å². The lowest BCUT2D eigenvalue weighted by Gasteiger charge is -2.13. The highest BCUT2D eigenvalue weighted by Gasteiger charge is 2.16. The number of nitrogens with one attached hydrogen (secondary N) is 1. The van der Waals surface area contributed by atoms with Gasteiger partial charge in [0.25, 0.3) is 0 Å². The van der Waals surface area contributed by atoms with Gasteiger partial charge in [-0.25, -0.2) is 0 Å². The molecular weight excluding hydrogens is 234 g/mol. The standard InChI is InChI=1S/C12H15N3O3/c1-7-11(14-15-13-7)8-5-9(16-2)12(18-4)10(6-8)17-3/h5-6H,1-4H3,(H,13,14,15). The summed E-state index contributed by atoms with van der Waals surface area (Å²) in [5.41, 5.74) is 2.43. The Labute approximate surface area is 105 Å².